The Balaban J connectivity index is 2.77. The molecule has 0 unspecified atom stereocenters. The number of halogens is 1. The predicted molar refractivity (Wildman–Crippen MR) is 82.3 cm³/mol. The van der Waals surface area contributed by atoms with Crippen LogP contribution < -0.4 is 5.43 Å². The summed E-state index contributed by atoms with van der Waals surface area (Å²) in [6.45, 7) is 5.68. The summed E-state index contributed by atoms with van der Waals surface area (Å²) in [5, 5.41) is 0.513. The maximum atomic E-state index is 12.5. The van der Waals surface area contributed by atoms with Crippen LogP contribution >= 0.6 is 15.9 Å². The minimum atomic E-state index is -0.575. The predicted octanol–water partition coefficient (Wildman–Crippen LogP) is 3.34. The number of pyridine rings is 1. The number of aryl methyl sites for hydroxylation is 2. The average molecular weight is 338 g/mol. The van der Waals surface area contributed by atoms with E-state index in [2.05, 4.69) is 20.9 Å². The Morgan fingerprint density at radius 1 is 1.35 bits per heavy atom. The minimum Gasteiger partial charge on any atom is -0.462 e. The van der Waals surface area contributed by atoms with Gasteiger partial charge in [-0.1, -0.05) is 22.9 Å². The minimum absolute atomic E-state index is 0.0868. The third kappa shape index (κ3) is 2.50. The quantitative estimate of drug-likeness (QED) is 0.874. The van der Waals surface area contributed by atoms with E-state index in [-0.39, 0.29) is 17.6 Å². The molecule has 1 N–H and O–H groups in total. The second-order valence-corrected chi connectivity index (χ2v) is 5.37. The number of carbonyl (C=O) groups is 1. The van der Waals surface area contributed by atoms with Crippen molar-refractivity contribution in [3.63, 3.8) is 0 Å². The summed E-state index contributed by atoms with van der Waals surface area (Å²) in [4.78, 5) is 27.5. The Bertz CT molecular complexity index is 734. The highest BCUT2D eigenvalue weighted by atomic mass is 79.9. The first-order valence-electron chi connectivity index (χ1n) is 6.51. The summed E-state index contributed by atoms with van der Waals surface area (Å²) in [7, 11) is 0. The van der Waals surface area contributed by atoms with E-state index in [1.54, 1.807) is 13.8 Å². The highest BCUT2D eigenvalue weighted by Gasteiger charge is 2.18. The van der Waals surface area contributed by atoms with Crippen molar-refractivity contribution >= 4 is 32.8 Å². The van der Waals surface area contributed by atoms with E-state index in [0.717, 1.165) is 16.5 Å². The van der Waals surface area contributed by atoms with Crippen molar-refractivity contribution in [1.29, 1.82) is 0 Å². The normalized spacial score (nSPS) is 10.8. The lowest BCUT2D eigenvalue weighted by Crippen LogP contribution is -2.20. The Labute approximate surface area is 125 Å². The summed E-state index contributed by atoms with van der Waals surface area (Å²) >= 11 is 3.49. The zero-order chi connectivity index (χ0) is 14.9. The van der Waals surface area contributed by atoms with Gasteiger partial charge in [0.25, 0.3) is 0 Å². The number of esters is 1. The van der Waals surface area contributed by atoms with Crippen LogP contribution in [-0.4, -0.2) is 17.6 Å². The Morgan fingerprint density at radius 3 is 2.65 bits per heavy atom. The summed E-state index contributed by atoms with van der Waals surface area (Å²) < 4.78 is 5.90. The van der Waals surface area contributed by atoms with Crippen LogP contribution in [-0.2, 0) is 11.2 Å². The van der Waals surface area contributed by atoms with Crippen LogP contribution in [0.3, 0.4) is 0 Å². The number of aromatic nitrogens is 1. The fourth-order valence-electron chi connectivity index (χ4n) is 2.20. The largest absolute Gasteiger partial charge is 0.462 e. The molecule has 106 valence electrons. The number of hydrogen-bond donors (Lipinski definition) is 1. The van der Waals surface area contributed by atoms with Crippen LogP contribution in [0.2, 0.25) is 0 Å². The number of carbonyl (C=O) groups excluding carboxylic acids is 1. The number of fused-ring (bicyclic) bond motifs is 1. The van der Waals surface area contributed by atoms with E-state index in [9.17, 15) is 9.59 Å². The molecule has 0 fully saturated rings. The average Bonchev–Trinajstić information content (AvgIpc) is 2.38. The molecule has 0 aliphatic carbocycles. The second-order valence-electron chi connectivity index (χ2n) is 4.52. The lowest BCUT2D eigenvalue weighted by atomic mass is 10.1. The third-order valence-corrected chi connectivity index (χ3v) is 3.95. The van der Waals surface area contributed by atoms with Crippen molar-refractivity contribution in [1.82, 2.24) is 4.98 Å². The molecule has 0 aliphatic heterocycles. The van der Waals surface area contributed by atoms with Gasteiger partial charge in [-0.05, 0) is 38.0 Å². The van der Waals surface area contributed by atoms with Gasteiger partial charge in [0.2, 0.25) is 5.43 Å². The highest BCUT2D eigenvalue weighted by Crippen LogP contribution is 2.23. The van der Waals surface area contributed by atoms with Crippen LogP contribution in [0.4, 0.5) is 0 Å². The maximum Gasteiger partial charge on any atom is 0.343 e. The van der Waals surface area contributed by atoms with Gasteiger partial charge in [-0.25, -0.2) is 4.79 Å². The van der Waals surface area contributed by atoms with Gasteiger partial charge >= 0.3 is 5.97 Å². The van der Waals surface area contributed by atoms with Gasteiger partial charge in [-0.15, -0.1) is 0 Å². The molecule has 1 aromatic carbocycles. The Hall–Kier alpha value is -1.62. The van der Waals surface area contributed by atoms with E-state index in [1.165, 1.54) is 0 Å². The van der Waals surface area contributed by atoms with E-state index < -0.39 is 5.97 Å². The third-order valence-electron chi connectivity index (χ3n) is 3.22. The number of aromatic amines is 1. The number of benzene rings is 1. The lowest BCUT2D eigenvalue weighted by molar-refractivity contribution is 0.0524. The Kier molecular flexibility index (Phi) is 4.28. The number of ether oxygens (including phenoxy) is 1. The van der Waals surface area contributed by atoms with Crippen molar-refractivity contribution in [2.24, 2.45) is 0 Å². The van der Waals surface area contributed by atoms with Crippen LogP contribution in [0.25, 0.3) is 10.9 Å². The number of H-pyrrole nitrogens is 1. The zero-order valence-electron chi connectivity index (χ0n) is 11.7. The fourth-order valence-corrected chi connectivity index (χ4v) is 2.82. The van der Waals surface area contributed by atoms with Crippen molar-refractivity contribution in [3.8, 4) is 0 Å². The summed E-state index contributed by atoms with van der Waals surface area (Å²) in [5.41, 5.74) is 2.07. The molecule has 0 atom stereocenters. The van der Waals surface area contributed by atoms with Crippen LogP contribution in [0.5, 0.6) is 0 Å². The summed E-state index contributed by atoms with van der Waals surface area (Å²) in [5.74, 6) is -0.575. The molecule has 5 heteroatoms. The van der Waals surface area contributed by atoms with Crippen molar-refractivity contribution < 1.29 is 9.53 Å². The zero-order valence-corrected chi connectivity index (χ0v) is 13.3. The Morgan fingerprint density at radius 2 is 2.05 bits per heavy atom. The molecule has 4 nitrogen and oxygen atoms in total. The molecule has 0 aliphatic rings. The van der Waals surface area contributed by atoms with Gasteiger partial charge in [0.1, 0.15) is 5.56 Å². The molecule has 1 aromatic heterocycles. The molecule has 0 amide bonds. The van der Waals surface area contributed by atoms with E-state index in [1.807, 2.05) is 19.1 Å². The van der Waals surface area contributed by atoms with Gasteiger partial charge in [-0.3, -0.25) is 4.79 Å². The van der Waals surface area contributed by atoms with Crippen molar-refractivity contribution in [3.05, 3.63) is 43.6 Å². The molecular weight excluding hydrogens is 322 g/mol. The van der Waals surface area contributed by atoms with Gasteiger partial charge in [-0.2, -0.15) is 0 Å². The number of hydrogen-bond acceptors (Lipinski definition) is 3. The molecule has 2 aromatic rings. The van der Waals surface area contributed by atoms with E-state index in [4.69, 9.17) is 4.74 Å². The standard InChI is InChI=1S/C15H16BrNO3/c1-4-9-6-10-12(7-11(9)16)17-8(3)13(14(10)18)15(19)20-5-2/h6-7H,4-5H2,1-3H3,(H,17,18). The van der Waals surface area contributed by atoms with Gasteiger partial charge in [0, 0.05) is 15.6 Å². The SMILES string of the molecule is CCOC(=O)c1c(C)[nH]c2cc(Br)c(CC)cc2c1=O. The number of rotatable bonds is 3. The first-order chi connectivity index (χ1) is 9.49. The molecule has 0 saturated carbocycles. The molecule has 0 radical (unpaired) electrons. The first-order valence-corrected chi connectivity index (χ1v) is 7.31. The highest BCUT2D eigenvalue weighted by molar-refractivity contribution is 9.10. The molecule has 1 heterocycles. The van der Waals surface area contributed by atoms with Crippen molar-refractivity contribution in [2.45, 2.75) is 27.2 Å². The van der Waals surface area contributed by atoms with Gasteiger partial charge in [0.05, 0.1) is 12.1 Å². The van der Waals surface area contributed by atoms with Gasteiger partial charge < -0.3 is 9.72 Å². The van der Waals surface area contributed by atoms with E-state index >= 15 is 0 Å². The van der Waals surface area contributed by atoms with Crippen LogP contribution in [0, 0.1) is 6.92 Å². The molecule has 2 rings (SSSR count). The second kappa shape index (κ2) is 5.79. The molecule has 20 heavy (non-hydrogen) atoms. The smallest absolute Gasteiger partial charge is 0.343 e. The first kappa shape index (κ1) is 14.8. The molecule has 0 spiro atoms. The van der Waals surface area contributed by atoms with Crippen LogP contribution in [0.1, 0.15) is 35.5 Å². The molecule has 0 saturated heterocycles. The summed E-state index contributed by atoms with van der Waals surface area (Å²) in [6.07, 6.45) is 0.804. The van der Waals surface area contributed by atoms with Gasteiger partial charge in [0.15, 0.2) is 0 Å². The summed E-state index contributed by atoms with van der Waals surface area (Å²) in [6, 6.07) is 3.69. The fraction of sp³-hybridized carbons (Fsp3) is 0.333. The maximum absolute atomic E-state index is 12.5. The molecular formula is C15H16BrNO3. The van der Waals surface area contributed by atoms with Crippen molar-refractivity contribution in [2.75, 3.05) is 6.61 Å². The molecule has 0 bridgehead atoms. The van der Waals surface area contributed by atoms with Crippen LogP contribution in [0.15, 0.2) is 21.4 Å². The number of nitrogens with one attached hydrogen (secondary N) is 1. The topological polar surface area (TPSA) is 59.2 Å². The monoisotopic (exact) mass is 337 g/mol. The lowest BCUT2D eigenvalue weighted by Gasteiger charge is -2.09. The van der Waals surface area contributed by atoms with E-state index in [0.29, 0.717) is 16.6 Å².